The number of hydrogen-bond acceptors (Lipinski definition) is 8. The Balaban J connectivity index is 1.54. The molecule has 4 aliphatic rings. The smallest absolute Gasteiger partial charge is 0.316 e. The van der Waals surface area contributed by atoms with Crippen molar-refractivity contribution in [3.63, 3.8) is 0 Å². The standard InChI is InChI=1S/C31H50N2O6S/c1-7-29(5)15-24(30(6)17(2)10-12-31(18(3)27(29)37)13-11-22(35)26(30)31)39-25(36)16-40-23-14-20(8-9-21(23)34)33-28(38)19(4)32/h7,17-21,23-24,26-27,34,37H,1,8-16,32H2,2-6H3,(H,33,38)/t17?,18-,19-,20-,21+,23-,24+,26-,27-,29+,30-,31?/m0/s1. The monoisotopic (exact) mass is 578 g/mol. The van der Waals surface area contributed by atoms with Crippen LogP contribution in [-0.4, -0.2) is 69.3 Å². The van der Waals surface area contributed by atoms with Crippen molar-refractivity contribution in [3.8, 4) is 0 Å². The first-order valence-electron chi connectivity index (χ1n) is 15.1. The highest BCUT2D eigenvalue weighted by Crippen LogP contribution is 2.68. The van der Waals surface area contributed by atoms with Gasteiger partial charge in [0.15, 0.2) is 0 Å². The summed E-state index contributed by atoms with van der Waals surface area (Å²) in [4.78, 5) is 39.1. The minimum Gasteiger partial charge on any atom is -0.461 e. The number of amides is 1. The fraction of sp³-hybridized carbons (Fsp3) is 0.839. The first-order valence-corrected chi connectivity index (χ1v) is 16.1. The second kappa shape index (κ2) is 11.7. The van der Waals surface area contributed by atoms with Gasteiger partial charge < -0.3 is 26.0 Å². The molecule has 0 saturated heterocycles. The van der Waals surface area contributed by atoms with E-state index < -0.39 is 35.2 Å². The number of nitrogens with one attached hydrogen (secondary N) is 1. The molecule has 2 bridgehead atoms. The topological polar surface area (TPSA) is 139 Å². The molecular formula is C31H50N2O6S. The maximum absolute atomic E-state index is 13.6. The minimum atomic E-state index is -0.701. The third kappa shape index (κ3) is 5.40. The third-order valence-electron chi connectivity index (χ3n) is 11.5. The van der Waals surface area contributed by atoms with Gasteiger partial charge in [-0.2, -0.15) is 0 Å². The van der Waals surface area contributed by atoms with Gasteiger partial charge in [0, 0.05) is 34.5 Å². The molecule has 40 heavy (non-hydrogen) atoms. The van der Waals surface area contributed by atoms with Gasteiger partial charge in [-0.1, -0.05) is 33.8 Å². The Hall–Kier alpha value is -1.42. The van der Waals surface area contributed by atoms with E-state index in [0.717, 1.165) is 19.3 Å². The van der Waals surface area contributed by atoms with Crippen LogP contribution in [0.2, 0.25) is 0 Å². The molecule has 4 fully saturated rings. The molecule has 4 rings (SSSR count). The molecule has 4 aliphatic carbocycles. The van der Waals surface area contributed by atoms with E-state index in [4.69, 9.17) is 10.5 Å². The second-order valence-corrected chi connectivity index (χ2v) is 15.0. The largest absolute Gasteiger partial charge is 0.461 e. The number of ketones is 1. The van der Waals surface area contributed by atoms with Gasteiger partial charge in [0.2, 0.25) is 5.91 Å². The van der Waals surface area contributed by atoms with E-state index in [0.29, 0.717) is 32.1 Å². The number of Topliss-reactive ketones (excluding diaryl/α,β-unsaturated/α-hetero) is 1. The predicted octanol–water partition coefficient (Wildman–Crippen LogP) is 3.37. The van der Waals surface area contributed by atoms with Crippen molar-refractivity contribution in [2.45, 2.75) is 122 Å². The molecule has 0 heterocycles. The summed E-state index contributed by atoms with van der Waals surface area (Å²) < 4.78 is 6.33. The number of esters is 1. The average molecular weight is 579 g/mol. The minimum absolute atomic E-state index is 0.0597. The van der Waals surface area contributed by atoms with Crippen LogP contribution < -0.4 is 11.1 Å². The molecule has 1 amide bonds. The highest BCUT2D eigenvalue weighted by Gasteiger charge is 2.68. The molecular weight excluding hydrogens is 528 g/mol. The van der Waals surface area contributed by atoms with E-state index in [9.17, 15) is 24.6 Å². The molecule has 2 unspecified atom stereocenters. The van der Waals surface area contributed by atoms with E-state index in [1.807, 2.05) is 6.92 Å². The second-order valence-electron chi connectivity index (χ2n) is 13.8. The number of aliphatic hydroxyl groups excluding tert-OH is 2. The molecule has 0 aliphatic heterocycles. The van der Waals surface area contributed by atoms with Crippen LogP contribution in [0.5, 0.6) is 0 Å². The number of rotatable bonds is 7. The van der Waals surface area contributed by atoms with Crippen LogP contribution in [0.25, 0.3) is 0 Å². The molecule has 0 spiro atoms. The van der Waals surface area contributed by atoms with Crippen molar-refractivity contribution >= 4 is 29.4 Å². The molecule has 4 saturated carbocycles. The van der Waals surface area contributed by atoms with Crippen LogP contribution in [0.1, 0.15) is 86.0 Å². The van der Waals surface area contributed by atoms with E-state index in [1.165, 1.54) is 11.8 Å². The summed E-state index contributed by atoms with van der Waals surface area (Å²) in [6.45, 7) is 14.1. The third-order valence-corrected chi connectivity index (χ3v) is 12.8. The van der Waals surface area contributed by atoms with Gasteiger partial charge in [0.25, 0.3) is 0 Å². The Morgan fingerprint density at radius 2 is 1.93 bits per heavy atom. The fourth-order valence-corrected chi connectivity index (χ4v) is 9.77. The Morgan fingerprint density at radius 3 is 2.58 bits per heavy atom. The maximum Gasteiger partial charge on any atom is 0.316 e. The number of carbonyl (C=O) groups is 3. The van der Waals surface area contributed by atoms with Gasteiger partial charge in [-0.3, -0.25) is 14.4 Å². The van der Waals surface area contributed by atoms with Crippen molar-refractivity contribution < 1.29 is 29.3 Å². The van der Waals surface area contributed by atoms with E-state index >= 15 is 0 Å². The van der Waals surface area contributed by atoms with Crippen LogP contribution in [0.3, 0.4) is 0 Å². The van der Waals surface area contributed by atoms with Crippen LogP contribution in [0.15, 0.2) is 12.7 Å². The summed E-state index contributed by atoms with van der Waals surface area (Å²) >= 11 is 1.36. The van der Waals surface area contributed by atoms with Gasteiger partial charge in [-0.15, -0.1) is 18.3 Å². The van der Waals surface area contributed by atoms with Crippen LogP contribution >= 0.6 is 11.8 Å². The molecule has 0 aromatic rings. The Morgan fingerprint density at radius 1 is 1.23 bits per heavy atom. The zero-order valence-electron chi connectivity index (χ0n) is 24.9. The summed E-state index contributed by atoms with van der Waals surface area (Å²) in [6.07, 6.45) is 5.21. The first-order chi connectivity index (χ1) is 18.7. The average Bonchev–Trinajstić information content (AvgIpc) is 3.27. The predicted molar refractivity (Wildman–Crippen MR) is 156 cm³/mol. The molecule has 8 nitrogen and oxygen atoms in total. The highest BCUT2D eigenvalue weighted by atomic mass is 32.2. The Bertz CT molecular complexity index is 1010. The van der Waals surface area contributed by atoms with Crippen LogP contribution in [0.4, 0.5) is 0 Å². The summed E-state index contributed by atoms with van der Waals surface area (Å²) in [5.74, 6) is -0.474. The van der Waals surface area contributed by atoms with Crippen molar-refractivity contribution in [2.75, 3.05) is 5.75 Å². The van der Waals surface area contributed by atoms with E-state index in [1.54, 1.807) is 13.0 Å². The molecule has 0 aromatic heterocycles. The molecule has 5 N–H and O–H groups in total. The van der Waals surface area contributed by atoms with Crippen molar-refractivity contribution in [2.24, 2.45) is 39.7 Å². The number of thioether (sulfide) groups is 1. The van der Waals surface area contributed by atoms with E-state index in [2.05, 4.69) is 32.7 Å². The maximum atomic E-state index is 13.6. The van der Waals surface area contributed by atoms with Crippen molar-refractivity contribution in [1.82, 2.24) is 5.32 Å². The first kappa shape index (κ1) is 31.5. The highest BCUT2D eigenvalue weighted by molar-refractivity contribution is 8.00. The lowest BCUT2D eigenvalue weighted by atomic mass is 9.44. The molecule has 12 atom stereocenters. The normalized spacial score (nSPS) is 46.0. The Labute approximate surface area is 243 Å². The van der Waals surface area contributed by atoms with Gasteiger partial charge in [0.05, 0.1) is 24.0 Å². The molecule has 9 heteroatoms. The zero-order valence-corrected chi connectivity index (χ0v) is 25.7. The lowest BCUT2D eigenvalue weighted by Crippen LogP contribution is -2.63. The van der Waals surface area contributed by atoms with Crippen LogP contribution in [0, 0.1) is 34.0 Å². The zero-order chi connectivity index (χ0) is 29.6. The fourth-order valence-electron chi connectivity index (χ4n) is 8.63. The number of hydrogen-bond donors (Lipinski definition) is 4. The summed E-state index contributed by atoms with van der Waals surface area (Å²) in [7, 11) is 0. The number of aliphatic hydroxyl groups is 2. The lowest BCUT2D eigenvalue weighted by Gasteiger charge is -2.61. The van der Waals surface area contributed by atoms with Gasteiger partial charge >= 0.3 is 5.97 Å². The number of carbonyl (C=O) groups excluding carboxylic acids is 3. The summed E-state index contributed by atoms with van der Waals surface area (Å²) in [5, 5.41) is 25.0. The SMILES string of the molecule is C=C[C@]1(C)C[C@@H](OC(=O)CS[C@H]2C[C@@H](NC(=O)[C@H](C)N)CC[C@H]2O)[C@]2(C)C(C)CCC3(CCC(=O)[C@H]32)[C@@H](C)[C@@H]1O. The molecule has 0 aromatic carbocycles. The quantitative estimate of drug-likeness (QED) is 0.266. The van der Waals surface area contributed by atoms with Gasteiger partial charge in [0.1, 0.15) is 11.9 Å². The summed E-state index contributed by atoms with van der Waals surface area (Å²) in [5.41, 5.74) is 4.15. The van der Waals surface area contributed by atoms with Gasteiger partial charge in [-0.25, -0.2) is 0 Å². The molecule has 0 radical (unpaired) electrons. The van der Waals surface area contributed by atoms with E-state index in [-0.39, 0.29) is 57.9 Å². The number of ether oxygens (including phenoxy) is 1. The van der Waals surface area contributed by atoms with Crippen LogP contribution in [-0.2, 0) is 19.1 Å². The summed E-state index contributed by atoms with van der Waals surface area (Å²) in [6, 6.07) is -0.699. The molecule has 226 valence electrons. The van der Waals surface area contributed by atoms with Crippen molar-refractivity contribution in [3.05, 3.63) is 12.7 Å². The Kier molecular flexibility index (Phi) is 9.21. The van der Waals surface area contributed by atoms with Crippen molar-refractivity contribution in [1.29, 1.82) is 0 Å². The lowest BCUT2D eigenvalue weighted by molar-refractivity contribution is -0.205. The number of nitrogens with two attached hydrogens (primary N) is 1. The van der Waals surface area contributed by atoms with Gasteiger partial charge in [-0.05, 0) is 69.1 Å².